The molecule has 1 heterocycles. The molecule has 2 unspecified atom stereocenters. The third-order valence-electron chi connectivity index (χ3n) is 5.89. The number of benzene rings is 1. The van der Waals surface area contributed by atoms with Crippen LogP contribution in [0.2, 0.25) is 0 Å². The summed E-state index contributed by atoms with van der Waals surface area (Å²) < 4.78 is 6.99. The normalized spacial score (nSPS) is 17.0. The van der Waals surface area contributed by atoms with Gasteiger partial charge in [-0.2, -0.15) is 0 Å². The van der Waals surface area contributed by atoms with Crippen molar-refractivity contribution >= 4 is 15.9 Å². The zero-order valence-corrected chi connectivity index (χ0v) is 18.7. The van der Waals surface area contributed by atoms with Gasteiger partial charge in [0.2, 0.25) is 0 Å². The molecule has 0 radical (unpaired) electrons. The van der Waals surface area contributed by atoms with Gasteiger partial charge >= 0.3 is 0 Å². The molecule has 0 bridgehead atoms. The lowest BCUT2D eigenvalue weighted by Crippen LogP contribution is -2.18. The van der Waals surface area contributed by atoms with Gasteiger partial charge in [0, 0.05) is 22.2 Å². The molecular weight excluding hydrogens is 398 g/mol. The average molecular weight is 430 g/mol. The maximum atomic E-state index is 5.91. The van der Waals surface area contributed by atoms with Crippen LogP contribution in [-0.4, -0.2) is 12.1 Å². The predicted octanol–water partition coefficient (Wildman–Crippen LogP) is 7.00. The minimum atomic E-state index is 0.327. The highest BCUT2D eigenvalue weighted by Crippen LogP contribution is 2.46. The smallest absolute Gasteiger partial charge is 0.123 e. The van der Waals surface area contributed by atoms with Crippen molar-refractivity contribution in [2.45, 2.75) is 71.6 Å². The molecule has 1 aliphatic carbocycles. The summed E-state index contributed by atoms with van der Waals surface area (Å²) in [6.07, 6.45) is 10.3. The van der Waals surface area contributed by atoms with E-state index in [1.54, 1.807) is 0 Å². The number of hydrogen-bond acceptors (Lipinski definition) is 2. The van der Waals surface area contributed by atoms with Crippen LogP contribution in [0.25, 0.3) is 0 Å². The van der Waals surface area contributed by atoms with E-state index in [1.165, 1.54) is 60.1 Å². The Morgan fingerprint density at radius 1 is 1.11 bits per heavy atom. The lowest BCUT2D eigenvalue weighted by Gasteiger charge is -2.30. The van der Waals surface area contributed by atoms with Gasteiger partial charge in [-0.1, -0.05) is 39.2 Å². The molecule has 0 saturated heterocycles. The second-order valence-electron chi connectivity index (χ2n) is 7.91. The Morgan fingerprint density at radius 2 is 1.89 bits per heavy atom. The molecule has 146 valence electrons. The van der Waals surface area contributed by atoms with Crippen molar-refractivity contribution in [3.63, 3.8) is 0 Å². The van der Waals surface area contributed by atoms with Crippen LogP contribution < -0.4 is 4.74 Å². The number of aromatic nitrogens is 1. The van der Waals surface area contributed by atoms with Crippen LogP contribution in [0.5, 0.6) is 5.75 Å². The van der Waals surface area contributed by atoms with Gasteiger partial charge in [0.1, 0.15) is 5.75 Å². The number of pyridine rings is 1. The summed E-state index contributed by atoms with van der Waals surface area (Å²) in [6.45, 7) is 6.77. The van der Waals surface area contributed by atoms with Crippen molar-refractivity contribution < 1.29 is 4.74 Å². The standard InChI is InChI=1S/C24H32BrNO/c1-5-7-9-17(8-6-2)23-22-18(12-16(3)13-21(22)27-4)10-11-19-14-20(25)15-26-24(19)23/h12-15,17,23H,5-11H2,1-4H3. The van der Waals surface area contributed by atoms with Gasteiger partial charge in [-0.25, -0.2) is 0 Å². The second-order valence-corrected chi connectivity index (χ2v) is 8.82. The molecule has 1 aromatic carbocycles. The summed E-state index contributed by atoms with van der Waals surface area (Å²) >= 11 is 3.63. The Morgan fingerprint density at radius 3 is 2.59 bits per heavy atom. The SMILES string of the molecule is CCCCC(CCC)C1c2ncc(Br)cc2CCc2cc(C)cc(OC)c21. The van der Waals surface area contributed by atoms with Gasteiger partial charge in [0.05, 0.1) is 12.8 Å². The van der Waals surface area contributed by atoms with Gasteiger partial charge in [-0.15, -0.1) is 0 Å². The molecule has 0 fully saturated rings. The number of nitrogens with zero attached hydrogens (tertiary/aromatic N) is 1. The number of halogens is 1. The van der Waals surface area contributed by atoms with Crippen LogP contribution >= 0.6 is 15.9 Å². The van der Waals surface area contributed by atoms with E-state index in [4.69, 9.17) is 9.72 Å². The van der Waals surface area contributed by atoms with Crippen LogP contribution in [0.1, 0.15) is 79.8 Å². The number of hydrogen-bond donors (Lipinski definition) is 0. The van der Waals surface area contributed by atoms with E-state index < -0.39 is 0 Å². The van der Waals surface area contributed by atoms with Crippen LogP contribution in [0.15, 0.2) is 28.9 Å². The molecule has 0 amide bonds. The van der Waals surface area contributed by atoms with E-state index in [0.29, 0.717) is 11.8 Å². The average Bonchev–Trinajstić information content (AvgIpc) is 2.81. The second kappa shape index (κ2) is 9.23. The Labute approximate surface area is 172 Å². The first-order chi connectivity index (χ1) is 13.1. The Hall–Kier alpha value is -1.35. The number of aryl methyl sites for hydroxylation is 3. The summed E-state index contributed by atoms with van der Waals surface area (Å²) in [5.74, 6) is 1.98. The molecule has 3 heteroatoms. The first kappa shape index (κ1) is 20.4. The van der Waals surface area contributed by atoms with Crippen molar-refractivity contribution in [1.29, 1.82) is 0 Å². The highest BCUT2D eigenvalue weighted by Gasteiger charge is 2.33. The molecule has 0 saturated carbocycles. The van der Waals surface area contributed by atoms with Crippen molar-refractivity contribution in [3.8, 4) is 5.75 Å². The van der Waals surface area contributed by atoms with Crippen LogP contribution in [0.4, 0.5) is 0 Å². The van der Waals surface area contributed by atoms with E-state index in [-0.39, 0.29) is 0 Å². The molecule has 2 nitrogen and oxygen atoms in total. The fourth-order valence-corrected chi connectivity index (χ4v) is 5.10. The van der Waals surface area contributed by atoms with E-state index in [2.05, 4.69) is 54.9 Å². The first-order valence-electron chi connectivity index (χ1n) is 10.4. The Bertz CT molecular complexity index is 786. The first-order valence-corrected chi connectivity index (χ1v) is 11.2. The topological polar surface area (TPSA) is 22.1 Å². The maximum absolute atomic E-state index is 5.91. The van der Waals surface area contributed by atoms with E-state index in [0.717, 1.165) is 23.1 Å². The molecule has 27 heavy (non-hydrogen) atoms. The van der Waals surface area contributed by atoms with Crippen LogP contribution in [0, 0.1) is 12.8 Å². The van der Waals surface area contributed by atoms with Gasteiger partial charge in [-0.3, -0.25) is 4.98 Å². The molecule has 0 N–H and O–H groups in total. The maximum Gasteiger partial charge on any atom is 0.123 e. The Balaban J connectivity index is 2.21. The predicted molar refractivity (Wildman–Crippen MR) is 117 cm³/mol. The number of unbranched alkanes of at least 4 members (excludes halogenated alkanes) is 1. The van der Waals surface area contributed by atoms with Crippen molar-refractivity contribution in [1.82, 2.24) is 4.98 Å². The summed E-state index contributed by atoms with van der Waals surface area (Å²) in [6, 6.07) is 6.86. The van der Waals surface area contributed by atoms with E-state index in [1.807, 2.05) is 13.3 Å². The van der Waals surface area contributed by atoms with E-state index >= 15 is 0 Å². The van der Waals surface area contributed by atoms with Crippen molar-refractivity contribution in [2.75, 3.05) is 7.11 Å². The quantitative estimate of drug-likeness (QED) is 0.472. The number of ether oxygens (including phenoxy) is 1. The molecular formula is C24H32BrNO. The van der Waals surface area contributed by atoms with E-state index in [9.17, 15) is 0 Å². The lowest BCUT2D eigenvalue weighted by atomic mass is 9.76. The summed E-state index contributed by atoms with van der Waals surface area (Å²) in [5.41, 5.74) is 6.79. The summed E-state index contributed by atoms with van der Waals surface area (Å²) in [4.78, 5) is 4.97. The van der Waals surface area contributed by atoms with Crippen molar-refractivity contribution in [3.05, 3.63) is 56.8 Å². The number of rotatable bonds is 7. The Kier molecular flexibility index (Phi) is 6.97. The van der Waals surface area contributed by atoms with Crippen molar-refractivity contribution in [2.24, 2.45) is 5.92 Å². The highest BCUT2D eigenvalue weighted by molar-refractivity contribution is 9.10. The highest BCUT2D eigenvalue weighted by atomic mass is 79.9. The third kappa shape index (κ3) is 4.39. The molecule has 2 aromatic rings. The van der Waals surface area contributed by atoms with Crippen LogP contribution in [0.3, 0.4) is 0 Å². The molecule has 2 atom stereocenters. The summed E-state index contributed by atoms with van der Waals surface area (Å²) in [7, 11) is 1.81. The minimum Gasteiger partial charge on any atom is -0.496 e. The van der Waals surface area contributed by atoms with Gasteiger partial charge in [-0.05, 0) is 83.3 Å². The number of fused-ring (bicyclic) bond motifs is 2. The zero-order valence-electron chi connectivity index (χ0n) is 17.1. The fourth-order valence-electron chi connectivity index (χ4n) is 4.72. The van der Waals surface area contributed by atoms with Gasteiger partial charge in [0.25, 0.3) is 0 Å². The summed E-state index contributed by atoms with van der Waals surface area (Å²) in [5, 5.41) is 0. The third-order valence-corrected chi connectivity index (χ3v) is 6.32. The number of methoxy groups -OCH3 is 1. The lowest BCUT2D eigenvalue weighted by molar-refractivity contribution is 0.361. The minimum absolute atomic E-state index is 0.327. The van der Waals surface area contributed by atoms with Crippen LogP contribution in [-0.2, 0) is 12.8 Å². The monoisotopic (exact) mass is 429 g/mol. The largest absolute Gasteiger partial charge is 0.496 e. The molecule has 1 aliphatic rings. The molecule has 3 rings (SSSR count). The van der Waals surface area contributed by atoms with Gasteiger partial charge < -0.3 is 4.74 Å². The zero-order chi connectivity index (χ0) is 19.4. The van der Waals surface area contributed by atoms with Gasteiger partial charge in [0.15, 0.2) is 0 Å². The molecule has 0 aliphatic heterocycles. The molecule has 1 aromatic heterocycles. The fraction of sp³-hybridized carbons (Fsp3) is 0.542. The molecule has 0 spiro atoms.